The summed E-state index contributed by atoms with van der Waals surface area (Å²) in [6, 6.07) is 3.48. The average molecular weight is 360 g/mol. The fourth-order valence-electron chi connectivity index (χ4n) is 1.90. The highest BCUT2D eigenvalue weighted by Crippen LogP contribution is 2.44. The van der Waals surface area contributed by atoms with E-state index in [9.17, 15) is 5.11 Å². The molecule has 1 unspecified atom stereocenters. The summed E-state index contributed by atoms with van der Waals surface area (Å²) in [6.07, 6.45) is -0.855. The van der Waals surface area contributed by atoms with E-state index in [0.29, 0.717) is 32.3 Å². The Bertz CT molecular complexity index is 602. The molecular weight excluding hydrogens is 346 g/mol. The molecule has 0 saturated heterocycles. The highest BCUT2D eigenvalue weighted by molar-refractivity contribution is 9.10. The van der Waals surface area contributed by atoms with Crippen LogP contribution < -0.4 is 14.2 Å². The number of benzene rings is 1. The van der Waals surface area contributed by atoms with Crippen LogP contribution in [0.2, 0.25) is 0 Å². The molecule has 0 radical (unpaired) electrons. The maximum atomic E-state index is 10.5. The van der Waals surface area contributed by atoms with Crippen molar-refractivity contribution in [2.75, 3.05) is 21.3 Å². The quantitative estimate of drug-likeness (QED) is 0.888. The Labute approximate surface area is 129 Å². The SMILES string of the molecule is COc1ccc(C(O)c2scnc2Br)c(OC)c1OC. The van der Waals surface area contributed by atoms with Crippen LogP contribution >= 0.6 is 27.3 Å². The highest BCUT2D eigenvalue weighted by atomic mass is 79.9. The molecule has 20 heavy (non-hydrogen) atoms. The topological polar surface area (TPSA) is 60.8 Å². The maximum Gasteiger partial charge on any atom is 0.203 e. The summed E-state index contributed by atoms with van der Waals surface area (Å²) >= 11 is 4.68. The summed E-state index contributed by atoms with van der Waals surface area (Å²) in [5.74, 6) is 1.44. The molecule has 2 aromatic rings. The summed E-state index contributed by atoms with van der Waals surface area (Å²) < 4.78 is 16.5. The monoisotopic (exact) mass is 359 g/mol. The number of thiazole rings is 1. The molecule has 0 bridgehead atoms. The zero-order valence-corrected chi connectivity index (χ0v) is 13.6. The molecule has 5 nitrogen and oxygen atoms in total. The molecule has 0 aliphatic rings. The van der Waals surface area contributed by atoms with E-state index in [1.54, 1.807) is 24.8 Å². The van der Waals surface area contributed by atoms with E-state index in [0.717, 1.165) is 0 Å². The third-order valence-corrected chi connectivity index (χ3v) is 4.60. The van der Waals surface area contributed by atoms with Crippen molar-refractivity contribution in [3.8, 4) is 17.2 Å². The van der Waals surface area contributed by atoms with Gasteiger partial charge in [-0.15, -0.1) is 11.3 Å². The first kappa shape index (κ1) is 15.1. The molecule has 108 valence electrons. The van der Waals surface area contributed by atoms with Crippen LogP contribution in [-0.2, 0) is 0 Å². The summed E-state index contributed by atoms with van der Waals surface area (Å²) in [5, 5.41) is 10.5. The largest absolute Gasteiger partial charge is 0.493 e. The lowest BCUT2D eigenvalue weighted by Crippen LogP contribution is -2.04. The smallest absolute Gasteiger partial charge is 0.203 e. The maximum absolute atomic E-state index is 10.5. The zero-order valence-electron chi connectivity index (χ0n) is 11.2. The molecule has 0 spiro atoms. The van der Waals surface area contributed by atoms with Gasteiger partial charge in [0.05, 0.1) is 31.7 Å². The van der Waals surface area contributed by atoms with Crippen LogP contribution in [0.15, 0.2) is 22.2 Å². The molecule has 0 fully saturated rings. The number of nitrogens with zero attached hydrogens (tertiary/aromatic N) is 1. The number of methoxy groups -OCH3 is 3. The van der Waals surface area contributed by atoms with Crippen molar-refractivity contribution in [1.29, 1.82) is 0 Å². The van der Waals surface area contributed by atoms with Gasteiger partial charge in [0.1, 0.15) is 10.7 Å². The first-order valence-corrected chi connectivity index (χ1v) is 7.37. The van der Waals surface area contributed by atoms with E-state index in [2.05, 4.69) is 20.9 Å². The van der Waals surface area contributed by atoms with Gasteiger partial charge < -0.3 is 19.3 Å². The fourth-order valence-corrected chi connectivity index (χ4v) is 3.31. The predicted octanol–water partition coefficient (Wildman–Crippen LogP) is 3.01. The molecule has 7 heteroatoms. The van der Waals surface area contributed by atoms with E-state index in [1.807, 2.05) is 0 Å². The number of hydrogen-bond acceptors (Lipinski definition) is 6. The minimum atomic E-state index is -0.855. The number of aliphatic hydroxyl groups excluding tert-OH is 1. The van der Waals surface area contributed by atoms with E-state index in [4.69, 9.17) is 14.2 Å². The van der Waals surface area contributed by atoms with Gasteiger partial charge in [0.15, 0.2) is 11.5 Å². The van der Waals surface area contributed by atoms with Crippen molar-refractivity contribution in [2.45, 2.75) is 6.10 Å². The first-order valence-electron chi connectivity index (χ1n) is 5.69. The van der Waals surface area contributed by atoms with E-state index in [-0.39, 0.29) is 0 Å². The minimum absolute atomic E-state index is 0.444. The number of halogens is 1. The van der Waals surface area contributed by atoms with Crippen LogP contribution in [0, 0.1) is 0 Å². The van der Waals surface area contributed by atoms with Gasteiger partial charge in [-0.3, -0.25) is 0 Å². The molecule has 0 saturated carbocycles. The van der Waals surface area contributed by atoms with Gasteiger partial charge in [0.2, 0.25) is 5.75 Å². The number of hydrogen-bond donors (Lipinski definition) is 1. The van der Waals surface area contributed by atoms with Gasteiger partial charge in [-0.1, -0.05) is 0 Å². The Morgan fingerprint density at radius 3 is 2.35 bits per heavy atom. The van der Waals surface area contributed by atoms with Gasteiger partial charge >= 0.3 is 0 Å². The Hall–Kier alpha value is -1.31. The molecule has 0 aliphatic heterocycles. The Morgan fingerprint density at radius 1 is 1.15 bits per heavy atom. The van der Waals surface area contributed by atoms with Crippen molar-refractivity contribution >= 4 is 27.3 Å². The number of rotatable bonds is 5. The summed E-state index contributed by atoms with van der Waals surface area (Å²) in [5.41, 5.74) is 2.26. The van der Waals surface area contributed by atoms with E-state index >= 15 is 0 Å². The van der Waals surface area contributed by atoms with Crippen LogP contribution in [0.4, 0.5) is 0 Å². The van der Waals surface area contributed by atoms with E-state index < -0.39 is 6.10 Å². The van der Waals surface area contributed by atoms with Crippen LogP contribution in [0.3, 0.4) is 0 Å². The summed E-state index contributed by atoms with van der Waals surface area (Å²) in [6.45, 7) is 0. The lowest BCUT2D eigenvalue weighted by molar-refractivity contribution is 0.215. The summed E-state index contributed by atoms with van der Waals surface area (Å²) in [4.78, 5) is 4.78. The molecule has 0 aliphatic carbocycles. The second-order valence-electron chi connectivity index (χ2n) is 3.83. The zero-order chi connectivity index (χ0) is 14.7. The molecular formula is C13H14BrNO4S. The molecule has 0 amide bonds. The molecule has 1 aromatic heterocycles. The van der Waals surface area contributed by atoms with Crippen molar-refractivity contribution in [1.82, 2.24) is 4.98 Å². The third-order valence-electron chi connectivity index (χ3n) is 2.83. The van der Waals surface area contributed by atoms with Crippen molar-refractivity contribution in [2.24, 2.45) is 0 Å². The van der Waals surface area contributed by atoms with Crippen LogP contribution in [0.5, 0.6) is 17.2 Å². The van der Waals surface area contributed by atoms with Gasteiger partial charge in [-0.25, -0.2) is 4.98 Å². The fraction of sp³-hybridized carbons (Fsp3) is 0.308. The van der Waals surface area contributed by atoms with Gasteiger partial charge in [0, 0.05) is 5.56 Å². The van der Waals surface area contributed by atoms with Crippen molar-refractivity contribution in [3.63, 3.8) is 0 Å². The molecule has 1 heterocycles. The highest BCUT2D eigenvalue weighted by Gasteiger charge is 2.24. The van der Waals surface area contributed by atoms with Crippen molar-refractivity contribution < 1.29 is 19.3 Å². The molecule has 1 N–H and O–H groups in total. The molecule has 1 atom stereocenters. The van der Waals surface area contributed by atoms with Crippen LogP contribution in [0.25, 0.3) is 0 Å². The second kappa shape index (κ2) is 6.43. The lowest BCUT2D eigenvalue weighted by Gasteiger charge is -2.18. The Balaban J connectivity index is 2.54. The van der Waals surface area contributed by atoms with Gasteiger partial charge in [-0.05, 0) is 28.1 Å². The Kier molecular flexibility index (Phi) is 4.85. The summed E-state index contributed by atoms with van der Waals surface area (Å²) in [7, 11) is 4.60. The number of ether oxygens (including phenoxy) is 3. The van der Waals surface area contributed by atoms with Crippen LogP contribution in [-0.4, -0.2) is 31.4 Å². The first-order chi connectivity index (χ1) is 9.63. The normalized spacial score (nSPS) is 12.1. The number of aliphatic hydroxyl groups is 1. The van der Waals surface area contributed by atoms with Gasteiger partial charge in [-0.2, -0.15) is 0 Å². The standard InChI is InChI=1S/C13H14BrNO4S/c1-17-8-5-4-7(10(18-2)11(8)19-3)9(16)12-13(14)15-6-20-12/h4-6,9,16H,1-3H3. The van der Waals surface area contributed by atoms with Crippen LogP contribution in [0.1, 0.15) is 16.5 Å². The number of aromatic nitrogens is 1. The van der Waals surface area contributed by atoms with Gasteiger partial charge in [0.25, 0.3) is 0 Å². The molecule has 2 rings (SSSR count). The predicted molar refractivity (Wildman–Crippen MR) is 80.0 cm³/mol. The molecule has 1 aromatic carbocycles. The second-order valence-corrected chi connectivity index (χ2v) is 5.47. The minimum Gasteiger partial charge on any atom is -0.493 e. The van der Waals surface area contributed by atoms with Crippen molar-refractivity contribution in [3.05, 3.63) is 32.7 Å². The lowest BCUT2D eigenvalue weighted by atomic mass is 10.1. The van der Waals surface area contributed by atoms with E-state index in [1.165, 1.54) is 25.6 Å². The third kappa shape index (κ3) is 2.61. The average Bonchev–Trinajstić information content (AvgIpc) is 2.90. The Morgan fingerprint density at radius 2 is 1.85 bits per heavy atom.